The molecule has 5 aromatic carbocycles. The van der Waals surface area contributed by atoms with Crippen molar-refractivity contribution < 1.29 is 0 Å². The highest BCUT2D eigenvalue weighted by molar-refractivity contribution is 6.30. The second kappa shape index (κ2) is 17.8. The van der Waals surface area contributed by atoms with E-state index in [1.165, 1.54) is 44.5 Å². The number of halogens is 1. The standard InChI is InChI=1S/C14H14.C9H12.C8H9Cl.C7H8/c1-11-6-8-13(9-7-11)14-5-3-4-12(2)10-14;1-3-9-6-4-8(2)5-7-9;1-2-7-3-5-8(9)6-4-7;1-7-5-3-2-4-6-7/h3-10H,1-2H3;4-7H,3H2,1-2H3;3-6H,2H2,1H3;2-6H,1H3. The fourth-order valence-corrected chi connectivity index (χ4v) is 3.77. The highest BCUT2D eigenvalue weighted by Crippen LogP contribution is 2.20. The molecule has 0 bridgehead atoms. The Hall–Kier alpha value is -3.61. The Morgan fingerprint density at radius 1 is 0.410 bits per heavy atom. The molecule has 0 atom stereocenters. The SMILES string of the molecule is CCc1ccc(C)cc1.CCc1ccc(Cl)cc1.Cc1ccc(-c2cccc(C)c2)cc1.Cc1ccccc1. The van der Waals surface area contributed by atoms with Gasteiger partial charge in [-0.25, -0.2) is 0 Å². The molecule has 0 heterocycles. The molecule has 0 spiro atoms. The van der Waals surface area contributed by atoms with E-state index in [4.69, 9.17) is 11.6 Å². The Labute approximate surface area is 242 Å². The number of hydrogen-bond donors (Lipinski definition) is 0. The summed E-state index contributed by atoms with van der Waals surface area (Å²) in [6.45, 7) is 12.7. The third kappa shape index (κ3) is 13.1. The highest BCUT2D eigenvalue weighted by Gasteiger charge is 1.96. The van der Waals surface area contributed by atoms with E-state index < -0.39 is 0 Å². The summed E-state index contributed by atoms with van der Waals surface area (Å²) in [6.07, 6.45) is 2.22. The van der Waals surface area contributed by atoms with Crippen molar-refractivity contribution in [3.63, 3.8) is 0 Å². The highest BCUT2D eigenvalue weighted by atomic mass is 35.5. The quantitative estimate of drug-likeness (QED) is 0.216. The lowest BCUT2D eigenvalue weighted by Gasteiger charge is -2.02. The molecule has 0 aliphatic heterocycles. The normalized spacial score (nSPS) is 9.62. The summed E-state index contributed by atoms with van der Waals surface area (Å²) in [5.41, 5.74) is 10.6. The average Bonchev–Trinajstić information content (AvgIpc) is 2.96. The van der Waals surface area contributed by atoms with E-state index in [-0.39, 0.29) is 0 Å². The summed E-state index contributed by atoms with van der Waals surface area (Å²) in [5.74, 6) is 0. The van der Waals surface area contributed by atoms with Crippen LogP contribution >= 0.6 is 11.6 Å². The van der Waals surface area contributed by atoms with Crippen molar-refractivity contribution in [2.24, 2.45) is 0 Å². The van der Waals surface area contributed by atoms with Crippen LogP contribution in [0.25, 0.3) is 11.1 Å². The van der Waals surface area contributed by atoms with Gasteiger partial charge >= 0.3 is 0 Å². The Morgan fingerprint density at radius 3 is 1.28 bits per heavy atom. The van der Waals surface area contributed by atoms with Gasteiger partial charge in [-0.3, -0.25) is 0 Å². The Kier molecular flexibility index (Phi) is 14.4. The molecule has 0 radical (unpaired) electrons. The van der Waals surface area contributed by atoms with Crippen molar-refractivity contribution in [2.75, 3.05) is 0 Å². The average molecular weight is 535 g/mol. The molecule has 0 aromatic heterocycles. The van der Waals surface area contributed by atoms with Gasteiger partial charge in [0, 0.05) is 5.02 Å². The number of hydrogen-bond acceptors (Lipinski definition) is 0. The van der Waals surface area contributed by atoms with E-state index in [2.05, 4.69) is 126 Å². The van der Waals surface area contributed by atoms with E-state index in [0.717, 1.165) is 17.9 Å². The molecule has 0 saturated carbocycles. The molecule has 0 unspecified atom stereocenters. The van der Waals surface area contributed by atoms with Gasteiger partial charge in [0.15, 0.2) is 0 Å². The zero-order valence-electron chi connectivity index (χ0n) is 24.4. The molecular formula is C38H43Cl. The van der Waals surface area contributed by atoms with E-state index in [1.807, 2.05) is 42.5 Å². The fraction of sp³-hybridized carbons (Fsp3) is 0.211. The van der Waals surface area contributed by atoms with Crippen LogP contribution in [0.2, 0.25) is 5.02 Å². The molecular weight excluding hydrogens is 492 g/mol. The molecule has 0 amide bonds. The molecule has 1 heteroatoms. The van der Waals surface area contributed by atoms with Gasteiger partial charge in [0.05, 0.1) is 0 Å². The van der Waals surface area contributed by atoms with Crippen molar-refractivity contribution >= 4 is 11.6 Å². The van der Waals surface area contributed by atoms with Crippen LogP contribution in [0.3, 0.4) is 0 Å². The van der Waals surface area contributed by atoms with Gasteiger partial charge < -0.3 is 0 Å². The summed E-state index contributed by atoms with van der Waals surface area (Å²) < 4.78 is 0. The van der Waals surface area contributed by atoms with Crippen molar-refractivity contribution in [1.29, 1.82) is 0 Å². The Bertz CT molecular complexity index is 1270. The van der Waals surface area contributed by atoms with Crippen molar-refractivity contribution in [1.82, 2.24) is 0 Å². The third-order valence-corrected chi connectivity index (χ3v) is 6.45. The Morgan fingerprint density at radius 2 is 0.846 bits per heavy atom. The molecule has 0 nitrogen and oxygen atoms in total. The van der Waals surface area contributed by atoms with Crippen molar-refractivity contribution in [2.45, 2.75) is 54.4 Å². The molecule has 0 fully saturated rings. The topological polar surface area (TPSA) is 0 Å². The molecule has 0 N–H and O–H groups in total. The maximum Gasteiger partial charge on any atom is 0.0406 e. The Balaban J connectivity index is 0.000000189. The van der Waals surface area contributed by atoms with Crippen LogP contribution in [0.4, 0.5) is 0 Å². The van der Waals surface area contributed by atoms with Crippen LogP contribution in [0.1, 0.15) is 47.2 Å². The van der Waals surface area contributed by atoms with E-state index >= 15 is 0 Å². The van der Waals surface area contributed by atoms with E-state index in [0.29, 0.717) is 0 Å². The van der Waals surface area contributed by atoms with Gasteiger partial charge in [0.25, 0.3) is 0 Å². The van der Waals surface area contributed by atoms with Crippen LogP contribution in [-0.2, 0) is 12.8 Å². The van der Waals surface area contributed by atoms with Gasteiger partial charge in [-0.2, -0.15) is 0 Å². The zero-order valence-corrected chi connectivity index (χ0v) is 25.2. The lowest BCUT2D eigenvalue weighted by Crippen LogP contribution is -1.79. The van der Waals surface area contributed by atoms with Gasteiger partial charge in [-0.15, -0.1) is 0 Å². The molecule has 0 aliphatic rings. The largest absolute Gasteiger partial charge is 0.0843 e. The first-order valence-corrected chi connectivity index (χ1v) is 14.1. The molecule has 0 aliphatic carbocycles. The predicted molar refractivity (Wildman–Crippen MR) is 174 cm³/mol. The first-order valence-electron chi connectivity index (χ1n) is 13.8. The van der Waals surface area contributed by atoms with Crippen LogP contribution < -0.4 is 0 Å². The smallest absolute Gasteiger partial charge is 0.0406 e. The monoisotopic (exact) mass is 534 g/mol. The van der Waals surface area contributed by atoms with Crippen LogP contribution in [-0.4, -0.2) is 0 Å². The molecule has 202 valence electrons. The predicted octanol–water partition coefficient (Wildman–Crippen LogP) is 11.4. The van der Waals surface area contributed by atoms with E-state index in [9.17, 15) is 0 Å². The summed E-state index contributed by atoms with van der Waals surface area (Å²) in [6, 6.07) is 44.1. The molecule has 5 rings (SSSR count). The number of aryl methyl sites for hydroxylation is 6. The first-order chi connectivity index (χ1) is 18.8. The first kappa shape index (κ1) is 31.6. The molecule has 39 heavy (non-hydrogen) atoms. The minimum Gasteiger partial charge on any atom is -0.0843 e. The van der Waals surface area contributed by atoms with Gasteiger partial charge in [0.2, 0.25) is 0 Å². The van der Waals surface area contributed by atoms with Gasteiger partial charge in [0.1, 0.15) is 0 Å². The third-order valence-electron chi connectivity index (χ3n) is 6.19. The lowest BCUT2D eigenvalue weighted by molar-refractivity contribution is 1.14. The molecule has 5 aromatic rings. The zero-order chi connectivity index (χ0) is 28.5. The summed E-state index contributed by atoms with van der Waals surface area (Å²) in [4.78, 5) is 0. The number of rotatable bonds is 3. The van der Waals surface area contributed by atoms with Crippen molar-refractivity contribution in [3.8, 4) is 11.1 Å². The van der Waals surface area contributed by atoms with E-state index in [1.54, 1.807) is 0 Å². The maximum atomic E-state index is 5.67. The second-order valence-electron chi connectivity index (χ2n) is 9.71. The maximum absolute atomic E-state index is 5.67. The minimum absolute atomic E-state index is 0.812. The van der Waals surface area contributed by atoms with Crippen LogP contribution in [0.15, 0.2) is 127 Å². The van der Waals surface area contributed by atoms with Gasteiger partial charge in [-0.1, -0.05) is 163 Å². The summed E-state index contributed by atoms with van der Waals surface area (Å²) in [5, 5.41) is 0.812. The molecule has 0 saturated heterocycles. The fourth-order valence-electron chi connectivity index (χ4n) is 3.65. The van der Waals surface area contributed by atoms with Crippen LogP contribution in [0.5, 0.6) is 0 Å². The summed E-state index contributed by atoms with van der Waals surface area (Å²) >= 11 is 5.67. The van der Waals surface area contributed by atoms with Crippen LogP contribution in [0, 0.1) is 27.7 Å². The minimum atomic E-state index is 0.812. The number of benzene rings is 5. The van der Waals surface area contributed by atoms with Crippen molar-refractivity contribution in [3.05, 3.63) is 166 Å². The second-order valence-corrected chi connectivity index (χ2v) is 10.1. The summed E-state index contributed by atoms with van der Waals surface area (Å²) in [7, 11) is 0. The lowest BCUT2D eigenvalue weighted by atomic mass is 10.0. The van der Waals surface area contributed by atoms with Gasteiger partial charge in [-0.05, 0) is 74.9 Å².